The topological polar surface area (TPSA) is 89.9 Å². The van der Waals surface area contributed by atoms with Gasteiger partial charge in [0.1, 0.15) is 0 Å². The van der Waals surface area contributed by atoms with Crippen molar-refractivity contribution in [1.82, 2.24) is 10.2 Å². The van der Waals surface area contributed by atoms with Crippen LogP contribution in [-0.2, 0) is 4.79 Å². The zero-order chi connectivity index (χ0) is 15.7. The lowest BCUT2D eigenvalue weighted by Crippen LogP contribution is -2.48. The van der Waals surface area contributed by atoms with Gasteiger partial charge in [-0.1, -0.05) is 0 Å². The molecule has 2 bridgehead atoms. The van der Waals surface area contributed by atoms with Gasteiger partial charge in [0.05, 0.1) is 11.5 Å². The third-order valence-corrected chi connectivity index (χ3v) is 5.84. The summed E-state index contributed by atoms with van der Waals surface area (Å²) in [6.45, 7) is 1.37. The van der Waals surface area contributed by atoms with Crippen molar-refractivity contribution < 1.29 is 19.8 Å². The molecule has 2 saturated carbocycles. The maximum atomic E-state index is 12.1. The van der Waals surface area contributed by atoms with E-state index in [0.29, 0.717) is 37.8 Å². The van der Waals surface area contributed by atoms with E-state index in [1.807, 2.05) is 0 Å². The highest BCUT2D eigenvalue weighted by Gasteiger charge is 2.49. The number of hydrogen-bond donors (Lipinski definition) is 3. The van der Waals surface area contributed by atoms with Gasteiger partial charge < -0.3 is 20.4 Å². The molecule has 0 radical (unpaired) electrons. The van der Waals surface area contributed by atoms with Crippen LogP contribution in [-0.4, -0.2) is 52.3 Å². The largest absolute Gasteiger partial charge is 0.481 e. The molecule has 22 heavy (non-hydrogen) atoms. The fourth-order valence-electron chi connectivity index (χ4n) is 4.58. The normalized spacial score (nSPS) is 37.3. The summed E-state index contributed by atoms with van der Waals surface area (Å²) in [7, 11) is 0. The van der Waals surface area contributed by atoms with Crippen LogP contribution in [0, 0.1) is 17.8 Å². The van der Waals surface area contributed by atoms with E-state index >= 15 is 0 Å². The molecule has 4 atom stereocenters. The van der Waals surface area contributed by atoms with Gasteiger partial charge in [-0.25, -0.2) is 4.79 Å². The Labute approximate surface area is 130 Å². The Hall–Kier alpha value is -1.30. The van der Waals surface area contributed by atoms with Gasteiger partial charge in [0, 0.05) is 19.6 Å². The molecule has 0 aromatic heterocycles. The molecule has 4 unspecified atom stereocenters. The molecule has 1 heterocycles. The molecule has 1 aliphatic heterocycles. The average Bonchev–Trinajstić information content (AvgIpc) is 3.07. The molecule has 0 aromatic carbocycles. The Kier molecular flexibility index (Phi) is 4.30. The van der Waals surface area contributed by atoms with Gasteiger partial charge in [-0.15, -0.1) is 0 Å². The van der Waals surface area contributed by atoms with Crippen LogP contribution < -0.4 is 5.32 Å². The molecule has 6 nitrogen and oxygen atoms in total. The second kappa shape index (κ2) is 6.07. The lowest BCUT2D eigenvalue weighted by molar-refractivity contribution is -0.143. The van der Waals surface area contributed by atoms with Crippen molar-refractivity contribution in [2.75, 3.05) is 19.6 Å². The van der Waals surface area contributed by atoms with Crippen LogP contribution in [0.2, 0.25) is 0 Å². The first kappa shape index (κ1) is 15.6. The number of aliphatic hydroxyl groups is 1. The van der Waals surface area contributed by atoms with Crippen molar-refractivity contribution in [1.29, 1.82) is 0 Å². The number of aliphatic carboxylic acids is 1. The van der Waals surface area contributed by atoms with Gasteiger partial charge in [0.25, 0.3) is 0 Å². The molecular formula is C16H26N2O4. The summed E-state index contributed by atoms with van der Waals surface area (Å²) in [5.74, 6) is -0.201. The quantitative estimate of drug-likeness (QED) is 0.733. The first-order valence-electron chi connectivity index (χ1n) is 8.46. The number of nitrogens with zero attached hydrogens (tertiary/aromatic N) is 1. The minimum Gasteiger partial charge on any atom is -0.481 e. The van der Waals surface area contributed by atoms with E-state index in [0.717, 1.165) is 25.7 Å². The Morgan fingerprint density at radius 3 is 2.73 bits per heavy atom. The Balaban J connectivity index is 1.43. The van der Waals surface area contributed by atoms with Crippen molar-refractivity contribution in [3.8, 4) is 0 Å². The Morgan fingerprint density at radius 2 is 2.09 bits per heavy atom. The molecule has 1 saturated heterocycles. The van der Waals surface area contributed by atoms with Crippen molar-refractivity contribution >= 4 is 12.0 Å². The van der Waals surface area contributed by atoms with Gasteiger partial charge in [0.15, 0.2) is 0 Å². The van der Waals surface area contributed by atoms with Crippen molar-refractivity contribution in [3.05, 3.63) is 0 Å². The number of urea groups is 1. The molecule has 0 spiro atoms. The number of amides is 2. The number of fused-ring (bicyclic) bond motifs is 2. The summed E-state index contributed by atoms with van der Waals surface area (Å²) >= 11 is 0. The highest BCUT2D eigenvalue weighted by molar-refractivity contribution is 5.76. The third kappa shape index (κ3) is 3.07. The molecule has 3 aliphatic rings. The second-order valence-electron chi connectivity index (χ2n) is 7.29. The van der Waals surface area contributed by atoms with E-state index < -0.39 is 17.5 Å². The second-order valence-corrected chi connectivity index (χ2v) is 7.29. The maximum absolute atomic E-state index is 12.1. The molecule has 0 aromatic rings. The lowest BCUT2D eigenvalue weighted by atomic mass is 9.82. The first-order chi connectivity index (χ1) is 10.5. The minimum atomic E-state index is -0.825. The van der Waals surface area contributed by atoms with Crippen LogP contribution in [0.15, 0.2) is 0 Å². The average molecular weight is 310 g/mol. The van der Waals surface area contributed by atoms with E-state index in [1.54, 1.807) is 4.90 Å². The summed E-state index contributed by atoms with van der Waals surface area (Å²) in [5.41, 5.74) is -0.596. The summed E-state index contributed by atoms with van der Waals surface area (Å²) in [6.07, 6.45) is 6.34. The third-order valence-electron chi connectivity index (χ3n) is 5.84. The van der Waals surface area contributed by atoms with Crippen LogP contribution in [0.4, 0.5) is 4.79 Å². The van der Waals surface area contributed by atoms with Crippen molar-refractivity contribution in [3.63, 3.8) is 0 Å². The molecule has 3 fully saturated rings. The smallest absolute Gasteiger partial charge is 0.317 e. The Morgan fingerprint density at radius 1 is 1.27 bits per heavy atom. The number of rotatable bonds is 4. The van der Waals surface area contributed by atoms with Crippen LogP contribution in [0.25, 0.3) is 0 Å². The molecule has 6 heteroatoms. The number of carbonyl (C=O) groups is 2. The van der Waals surface area contributed by atoms with E-state index in [9.17, 15) is 14.7 Å². The minimum absolute atomic E-state index is 0.197. The predicted molar refractivity (Wildman–Crippen MR) is 80.3 cm³/mol. The predicted octanol–water partition coefficient (Wildman–Crippen LogP) is 1.43. The fraction of sp³-hybridized carbons (Fsp3) is 0.875. The lowest BCUT2D eigenvalue weighted by Gasteiger charge is -2.34. The number of carboxylic acids is 1. The van der Waals surface area contributed by atoms with Gasteiger partial charge >= 0.3 is 12.0 Å². The summed E-state index contributed by atoms with van der Waals surface area (Å²) in [6, 6.07) is -0.197. The van der Waals surface area contributed by atoms with E-state index in [4.69, 9.17) is 5.11 Å². The number of hydrogen-bond acceptors (Lipinski definition) is 3. The van der Waals surface area contributed by atoms with E-state index in [-0.39, 0.29) is 12.6 Å². The van der Waals surface area contributed by atoms with Crippen LogP contribution in [0.5, 0.6) is 0 Å². The highest BCUT2D eigenvalue weighted by Crippen LogP contribution is 2.51. The van der Waals surface area contributed by atoms with Crippen LogP contribution >= 0.6 is 0 Å². The number of carbonyl (C=O) groups excluding carboxylic acids is 1. The highest BCUT2D eigenvalue weighted by atomic mass is 16.4. The molecule has 3 N–H and O–H groups in total. The number of likely N-dealkylation sites (tertiary alicyclic amines) is 1. The van der Waals surface area contributed by atoms with Crippen LogP contribution in [0.1, 0.15) is 44.9 Å². The fourth-order valence-corrected chi connectivity index (χ4v) is 4.58. The van der Waals surface area contributed by atoms with Gasteiger partial charge in [-0.2, -0.15) is 0 Å². The molecule has 124 valence electrons. The Bertz CT molecular complexity index is 455. The number of piperidine rings is 1. The number of nitrogens with one attached hydrogen (secondary N) is 1. The van der Waals surface area contributed by atoms with Crippen molar-refractivity contribution in [2.24, 2.45) is 17.8 Å². The SMILES string of the molecule is O=C(O)C1CCCN(C(=O)NCCC2(O)CC3CCC2C3)C1. The van der Waals surface area contributed by atoms with Crippen LogP contribution in [0.3, 0.4) is 0 Å². The van der Waals surface area contributed by atoms with E-state index in [1.165, 1.54) is 6.42 Å². The molecule has 3 rings (SSSR count). The van der Waals surface area contributed by atoms with Gasteiger partial charge in [-0.3, -0.25) is 4.79 Å². The molecule has 2 amide bonds. The van der Waals surface area contributed by atoms with Crippen molar-refractivity contribution in [2.45, 2.75) is 50.5 Å². The monoisotopic (exact) mass is 310 g/mol. The number of carboxylic acid groups (broad SMARTS) is 1. The zero-order valence-corrected chi connectivity index (χ0v) is 13.0. The molecular weight excluding hydrogens is 284 g/mol. The van der Waals surface area contributed by atoms with Gasteiger partial charge in [0.2, 0.25) is 0 Å². The zero-order valence-electron chi connectivity index (χ0n) is 13.0. The first-order valence-corrected chi connectivity index (χ1v) is 8.46. The summed E-state index contributed by atoms with van der Waals surface area (Å²) in [5, 5.41) is 22.6. The standard InChI is InChI=1S/C16H26N2O4/c19-14(20)12-2-1-7-18(10-12)15(21)17-6-5-16(22)9-11-3-4-13(16)8-11/h11-13,22H,1-10H2,(H,17,21)(H,19,20). The van der Waals surface area contributed by atoms with Gasteiger partial charge in [-0.05, 0) is 56.8 Å². The van der Waals surface area contributed by atoms with E-state index in [2.05, 4.69) is 5.32 Å². The summed E-state index contributed by atoms with van der Waals surface area (Å²) in [4.78, 5) is 24.8. The summed E-state index contributed by atoms with van der Waals surface area (Å²) < 4.78 is 0. The maximum Gasteiger partial charge on any atom is 0.317 e. The molecule has 2 aliphatic carbocycles.